The average molecular weight is 188 g/mol. The maximum Gasteiger partial charge on any atom is 0.335 e. The fraction of sp³-hybridized carbons (Fsp3) is 0.889. The van der Waals surface area contributed by atoms with Gasteiger partial charge in [-0.15, -0.1) is 0 Å². The molecule has 0 saturated carbocycles. The minimum absolute atomic E-state index is 0.160. The van der Waals surface area contributed by atoms with Gasteiger partial charge in [0.05, 0.1) is 12.2 Å². The lowest BCUT2D eigenvalue weighted by molar-refractivity contribution is -0.160. The third-order valence-corrected chi connectivity index (χ3v) is 2.19. The summed E-state index contributed by atoms with van der Waals surface area (Å²) < 4.78 is 10.5. The smallest absolute Gasteiger partial charge is 0.335 e. The normalized spacial score (nSPS) is 30.3. The fourth-order valence-corrected chi connectivity index (χ4v) is 1.57. The molecule has 0 aromatic heterocycles. The number of hydrogen-bond acceptors (Lipinski definition) is 3. The first-order valence-corrected chi connectivity index (χ1v) is 4.65. The van der Waals surface area contributed by atoms with Crippen molar-refractivity contribution in [1.29, 1.82) is 0 Å². The molecule has 3 unspecified atom stereocenters. The number of carbonyl (C=O) groups is 1. The van der Waals surface area contributed by atoms with Crippen molar-refractivity contribution >= 4 is 5.97 Å². The molecule has 13 heavy (non-hydrogen) atoms. The monoisotopic (exact) mass is 188 g/mol. The first-order valence-electron chi connectivity index (χ1n) is 4.65. The van der Waals surface area contributed by atoms with E-state index in [9.17, 15) is 4.79 Å². The third-order valence-electron chi connectivity index (χ3n) is 2.19. The van der Waals surface area contributed by atoms with E-state index in [1.807, 2.05) is 6.92 Å². The summed E-state index contributed by atoms with van der Waals surface area (Å²) in [5, 5.41) is 8.85. The molecular formula is C9H16O4. The number of hydrogen-bond donors (Lipinski definition) is 1. The van der Waals surface area contributed by atoms with Crippen molar-refractivity contribution in [2.24, 2.45) is 0 Å². The molecule has 3 atom stereocenters. The Hall–Kier alpha value is -0.610. The highest BCUT2D eigenvalue weighted by Crippen LogP contribution is 2.23. The molecule has 1 N–H and O–H groups in total. The zero-order valence-corrected chi connectivity index (χ0v) is 8.03. The standard InChI is InChI=1S/C9H16O4/c1-3-12-8(9(10)11)7-5-4-6(2)13-7/h6-8H,3-5H2,1-2H3,(H,10,11). The summed E-state index contributed by atoms with van der Waals surface area (Å²) in [5.74, 6) is -0.930. The summed E-state index contributed by atoms with van der Waals surface area (Å²) in [6.07, 6.45) is 0.786. The first kappa shape index (κ1) is 10.5. The van der Waals surface area contributed by atoms with Gasteiger partial charge >= 0.3 is 5.97 Å². The molecule has 0 aliphatic carbocycles. The zero-order chi connectivity index (χ0) is 9.84. The second-order valence-corrected chi connectivity index (χ2v) is 3.28. The van der Waals surface area contributed by atoms with Gasteiger partial charge < -0.3 is 14.6 Å². The molecule has 1 rings (SSSR count). The summed E-state index contributed by atoms with van der Waals surface area (Å²) >= 11 is 0. The molecule has 0 aromatic rings. The predicted octanol–water partition coefficient (Wildman–Crippen LogP) is 1.04. The number of ether oxygens (including phenoxy) is 2. The van der Waals surface area contributed by atoms with Gasteiger partial charge in [-0.2, -0.15) is 0 Å². The Morgan fingerprint density at radius 2 is 2.38 bits per heavy atom. The largest absolute Gasteiger partial charge is 0.479 e. The highest BCUT2D eigenvalue weighted by molar-refractivity contribution is 5.73. The van der Waals surface area contributed by atoms with E-state index < -0.39 is 12.1 Å². The number of carboxylic acids is 1. The molecule has 0 radical (unpaired) electrons. The van der Waals surface area contributed by atoms with Crippen LogP contribution in [0, 0.1) is 0 Å². The molecule has 0 spiro atoms. The van der Waals surface area contributed by atoms with Crippen molar-refractivity contribution in [3.63, 3.8) is 0 Å². The van der Waals surface area contributed by atoms with Crippen LogP contribution in [-0.2, 0) is 14.3 Å². The summed E-state index contributed by atoms with van der Waals surface area (Å²) in [6, 6.07) is 0. The molecule has 76 valence electrons. The van der Waals surface area contributed by atoms with Crippen molar-refractivity contribution < 1.29 is 19.4 Å². The van der Waals surface area contributed by atoms with Crippen LogP contribution >= 0.6 is 0 Å². The number of rotatable bonds is 4. The molecule has 0 bridgehead atoms. The van der Waals surface area contributed by atoms with Gasteiger partial charge in [-0.1, -0.05) is 0 Å². The fourth-order valence-electron chi connectivity index (χ4n) is 1.57. The van der Waals surface area contributed by atoms with Crippen molar-refractivity contribution in [2.45, 2.75) is 45.0 Å². The molecule has 4 heteroatoms. The molecule has 1 aliphatic rings. The topological polar surface area (TPSA) is 55.8 Å². The summed E-state index contributed by atoms with van der Waals surface area (Å²) in [4.78, 5) is 10.8. The Morgan fingerprint density at radius 1 is 1.69 bits per heavy atom. The van der Waals surface area contributed by atoms with Gasteiger partial charge in [0.25, 0.3) is 0 Å². The maximum atomic E-state index is 10.8. The van der Waals surface area contributed by atoms with E-state index in [0.717, 1.165) is 12.8 Å². The van der Waals surface area contributed by atoms with E-state index in [1.165, 1.54) is 0 Å². The molecule has 1 heterocycles. The lowest BCUT2D eigenvalue weighted by atomic mass is 10.1. The number of aliphatic carboxylic acids is 1. The summed E-state index contributed by atoms with van der Waals surface area (Å²) in [5.41, 5.74) is 0. The van der Waals surface area contributed by atoms with Crippen LogP contribution in [0.2, 0.25) is 0 Å². The molecule has 1 fully saturated rings. The van der Waals surface area contributed by atoms with Gasteiger partial charge in [0, 0.05) is 6.61 Å². The van der Waals surface area contributed by atoms with Crippen molar-refractivity contribution in [2.75, 3.05) is 6.61 Å². The molecular weight excluding hydrogens is 172 g/mol. The molecule has 1 aliphatic heterocycles. The van der Waals surface area contributed by atoms with Crippen LogP contribution in [0.4, 0.5) is 0 Å². The number of carboxylic acid groups (broad SMARTS) is 1. The predicted molar refractivity (Wildman–Crippen MR) is 46.6 cm³/mol. The molecule has 1 saturated heterocycles. The SMILES string of the molecule is CCOC(C(=O)O)C1CCC(C)O1. The Balaban J connectivity index is 2.49. The van der Waals surface area contributed by atoms with Gasteiger partial charge in [0.1, 0.15) is 0 Å². The highest BCUT2D eigenvalue weighted by atomic mass is 16.6. The average Bonchev–Trinajstić information content (AvgIpc) is 2.46. The Labute approximate surface area is 77.8 Å². The van der Waals surface area contributed by atoms with Crippen molar-refractivity contribution in [1.82, 2.24) is 0 Å². The van der Waals surface area contributed by atoms with Crippen LogP contribution < -0.4 is 0 Å². The zero-order valence-electron chi connectivity index (χ0n) is 8.03. The second-order valence-electron chi connectivity index (χ2n) is 3.28. The summed E-state index contributed by atoms with van der Waals surface area (Å²) in [7, 11) is 0. The molecule has 0 amide bonds. The Bertz CT molecular complexity index is 180. The van der Waals surface area contributed by atoms with Crippen LogP contribution in [0.5, 0.6) is 0 Å². The van der Waals surface area contributed by atoms with Gasteiger partial charge in [-0.3, -0.25) is 0 Å². The van der Waals surface area contributed by atoms with E-state index >= 15 is 0 Å². The van der Waals surface area contributed by atoms with E-state index in [0.29, 0.717) is 6.61 Å². The van der Waals surface area contributed by atoms with Gasteiger partial charge in [0.15, 0.2) is 6.10 Å². The Kier molecular flexibility index (Phi) is 3.69. The van der Waals surface area contributed by atoms with E-state index in [1.54, 1.807) is 6.92 Å². The Morgan fingerprint density at radius 3 is 2.77 bits per heavy atom. The van der Waals surface area contributed by atoms with Crippen LogP contribution in [0.1, 0.15) is 26.7 Å². The van der Waals surface area contributed by atoms with E-state index in [4.69, 9.17) is 14.6 Å². The first-order chi connectivity index (χ1) is 6.15. The van der Waals surface area contributed by atoms with Crippen LogP contribution in [0.15, 0.2) is 0 Å². The lowest BCUT2D eigenvalue weighted by Crippen LogP contribution is -2.36. The van der Waals surface area contributed by atoms with Crippen molar-refractivity contribution in [3.8, 4) is 0 Å². The summed E-state index contributed by atoms with van der Waals surface area (Å²) in [6.45, 7) is 4.14. The van der Waals surface area contributed by atoms with Crippen LogP contribution in [0.25, 0.3) is 0 Å². The van der Waals surface area contributed by atoms with Crippen LogP contribution in [-0.4, -0.2) is 36.0 Å². The second kappa shape index (κ2) is 4.58. The quantitative estimate of drug-likeness (QED) is 0.716. The van der Waals surface area contributed by atoms with Gasteiger partial charge in [-0.05, 0) is 26.7 Å². The molecule has 4 nitrogen and oxygen atoms in total. The van der Waals surface area contributed by atoms with Gasteiger partial charge in [0.2, 0.25) is 0 Å². The van der Waals surface area contributed by atoms with Crippen LogP contribution in [0.3, 0.4) is 0 Å². The van der Waals surface area contributed by atoms with Gasteiger partial charge in [-0.25, -0.2) is 4.79 Å². The maximum absolute atomic E-state index is 10.8. The van der Waals surface area contributed by atoms with E-state index in [-0.39, 0.29) is 12.2 Å². The van der Waals surface area contributed by atoms with Crippen molar-refractivity contribution in [3.05, 3.63) is 0 Å². The minimum atomic E-state index is -0.930. The molecule has 0 aromatic carbocycles. The lowest BCUT2D eigenvalue weighted by Gasteiger charge is -2.19. The highest BCUT2D eigenvalue weighted by Gasteiger charge is 2.34. The van der Waals surface area contributed by atoms with E-state index in [2.05, 4.69) is 0 Å². The third kappa shape index (κ3) is 2.67. The minimum Gasteiger partial charge on any atom is -0.479 e.